The fourth-order valence-electron chi connectivity index (χ4n) is 2.68. The van der Waals surface area contributed by atoms with Gasteiger partial charge in [-0.15, -0.1) is 0 Å². The van der Waals surface area contributed by atoms with Crippen molar-refractivity contribution in [3.63, 3.8) is 0 Å². The van der Waals surface area contributed by atoms with E-state index in [2.05, 4.69) is 12.2 Å². The molecule has 1 aromatic carbocycles. The molecule has 0 bridgehead atoms. The number of rotatable bonds is 6. The fraction of sp³-hybridized carbons (Fsp3) is 0.500. The molecule has 21 heavy (non-hydrogen) atoms. The van der Waals surface area contributed by atoms with Crippen LogP contribution in [0.1, 0.15) is 51.1 Å². The van der Waals surface area contributed by atoms with E-state index in [1.807, 2.05) is 6.07 Å². The molecule has 1 aliphatic rings. The predicted molar refractivity (Wildman–Crippen MR) is 84.5 cm³/mol. The van der Waals surface area contributed by atoms with Crippen molar-refractivity contribution in [2.24, 2.45) is 0 Å². The first-order chi connectivity index (χ1) is 10.0. The van der Waals surface area contributed by atoms with Gasteiger partial charge < -0.3 is 10.2 Å². The lowest BCUT2D eigenvalue weighted by Crippen LogP contribution is -2.37. The van der Waals surface area contributed by atoms with E-state index in [1.165, 1.54) is 13.3 Å². The van der Waals surface area contributed by atoms with Gasteiger partial charge in [0.1, 0.15) is 6.04 Å². The van der Waals surface area contributed by atoms with Crippen molar-refractivity contribution in [2.75, 3.05) is 11.4 Å². The Hall–Kier alpha value is -1.55. The minimum absolute atomic E-state index is 0.0704. The Labute approximate surface area is 130 Å². The Balaban J connectivity index is 2.20. The van der Waals surface area contributed by atoms with Crippen molar-refractivity contribution >= 4 is 29.1 Å². The van der Waals surface area contributed by atoms with Crippen molar-refractivity contribution in [1.82, 2.24) is 5.32 Å². The van der Waals surface area contributed by atoms with Crippen LogP contribution < -0.4 is 10.2 Å². The topological polar surface area (TPSA) is 49.4 Å². The minimum Gasteiger partial charge on any atom is -0.341 e. The van der Waals surface area contributed by atoms with Gasteiger partial charge in [0.25, 0.3) is 5.91 Å². The molecule has 4 nitrogen and oxygen atoms in total. The molecule has 2 rings (SSSR count). The molecule has 1 N–H and O–H groups in total. The third-order valence-electron chi connectivity index (χ3n) is 3.69. The van der Waals surface area contributed by atoms with E-state index in [4.69, 9.17) is 11.6 Å². The maximum absolute atomic E-state index is 12.5. The smallest absolute Gasteiger partial charge is 0.254 e. The van der Waals surface area contributed by atoms with Crippen molar-refractivity contribution in [3.8, 4) is 0 Å². The zero-order valence-corrected chi connectivity index (χ0v) is 13.2. The fourth-order valence-corrected chi connectivity index (χ4v) is 2.86. The summed E-state index contributed by atoms with van der Waals surface area (Å²) in [5, 5.41) is 3.29. The summed E-state index contributed by atoms with van der Waals surface area (Å²) in [7, 11) is 0. The second-order valence-corrected chi connectivity index (χ2v) is 5.82. The number of amides is 2. The number of carbonyl (C=O) groups is 2. The Morgan fingerprint density at radius 3 is 2.76 bits per heavy atom. The number of hydrogen-bond donors (Lipinski definition) is 1. The highest BCUT2D eigenvalue weighted by Crippen LogP contribution is 2.37. The number of anilines is 1. The summed E-state index contributed by atoms with van der Waals surface area (Å²) in [5.74, 6) is -0.286. The number of unbranched alkanes of at least 4 members (excludes halogenated alkanes) is 3. The van der Waals surface area contributed by atoms with Gasteiger partial charge in [0.2, 0.25) is 5.91 Å². The van der Waals surface area contributed by atoms with Crippen LogP contribution in [0.5, 0.6) is 0 Å². The van der Waals surface area contributed by atoms with Gasteiger partial charge in [-0.1, -0.05) is 37.8 Å². The van der Waals surface area contributed by atoms with Gasteiger partial charge in [-0.3, -0.25) is 9.59 Å². The molecule has 0 aliphatic carbocycles. The van der Waals surface area contributed by atoms with E-state index in [0.29, 0.717) is 11.6 Å². The summed E-state index contributed by atoms with van der Waals surface area (Å²) >= 11 is 6.02. The molecule has 0 aromatic heterocycles. The van der Waals surface area contributed by atoms with Crippen LogP contribution in [0, 0.1) is 0 Å². The Bertz CT molecular complexity index is 545. The third-order valence-corrected chi connectivity index (χ3v) is 3.92. The van der Waals surface area contributed by atoms with Gasteiger partial charge in [0.05, 0.1) is 0 Å². The van der Waals surface area contributed by atoms with Crippen molar-refractivity contribution < 1.29 is 9.59 Å². The number of benzene rings is 1. The van der Waals surface area contributed by atoms with Gasteiger partial charge >= 0.3 is 0 Å². The maximum atomic E-state index is 12.5. The number of fused-ring (bicyclic) bond motifs is 1. The Morgan fingerprint density at radius 2 is 2.10 bits per heavy atom. The zero-order valence-electron chi connectivity index (χ0n) is 12.5. The molecule has 0 spiro atoms. The molecule has 0 saturated heterocycles. The van der Waals surface area contributed by atoms with E-state index in [9.17, 15) is 9.59 Å². The van der Waals surface area contributed by atoms with E-state index >= 15 is 0 Å². The van der Waals surface area contributed by atoms with Crippen LogP contribution in [-0.4, -0.2) is 18.4 Å². The Morgan fingerprint density at radius 1 is 1.33 bits per heavy atom. The lowest BCUT2D eigenvalue weighted by atomic mass is 10.1. The van der Waals surface area contributed by atoms with Crippen molar-refractivity contribution in [3.05, 3.63) is 28.8 Å². The second-order valence-electron chi connectivity index (χ2n) is 5.39. The summed E-state index contributed by atoms with van der Waals surface area (Å²) in [5.41, 5.74) is 1.65. The molecular weight excluding hydrogens is 288 g/mol. The third kappa shape index (κ3) is 3.56. The number of carbonyl (C=O) groups excluding carboxylic acids is 2. The average molecular weight is 309 g/mol. The van der Waals surface area contributed by atoms with Gasteiger partial charge in [-0.2, -0.15) is 0 Å². The van der Waals surface area contributed by atoms with Gasteiger partial charge in [0, 0.05) is 29.7 Å². The lowest BCUT2D eigenvalue weighted by Gasteiger charge is -2.18. The first-order valence-electron chi connectivity index (χ1n) is 7.42. The van der Waals surface area contributed by atoms with E-state index in [-0.39, 0.29) is 11.8 Å². The van der Waals surface area contributed by atoms with Crippen LogP contribution in [0.3, 0.4) is 0 Å². The summed E-state index contributed by atoms with van der Waals surface area (Å²) < 4.78 is 0. The molecule has 0 saturated carbocycles. The first-order valence-corrected chi connectivity index (χ1v) is 7.80. The largest absolute Gasteiger partial charge is 0.341 e. The van der Waals surface area contributed by atoms with Crippen LogP contribution in [0.4, 0.5) is 5.69 Å². The normalized spacial score (nSPS) is 17.0. The summed E-state index contributed by atoms with van der Waals surface area (Å²) in [6.07, 6.45) is 4.40. The first kappa shape index (κ1) is 15.8. The number of nitrogens with one attached hydrogen (secondary N) is 1. The lowest BCUT2D eigenvalue weighted by molar-refractivity contribution is -0.126. The van der Waals surface area contributed by atoms with Gasteiger partial charge in [-0.05, 0) is 24.6 Å². The molecule has 2 amide bonds. The number of hydrogen-bond acceptors (Lipinski definition) is 2. The predicted octanol–water partition coefficient (Wildman–Crippen LogP) is 3.44. The summed E-state index contributed by atoms with van der Waals surface area (Å²) in [6.45, 7) is 4.26. The summed E-state index contributed by atoms with van der Waals surface area (Å²) in [6, 6.07) is 4.80. The van der Waals surface area contributed by atoms with Crippen LogP contribution in [0.25, 0.3) is 0 Å². The molecule has 1 aliphatic heterocycles. The Kier molecular flexibility index (Phi) is 5.23. The maximum Gasteiger partial charge on any atom is 0.254 e. The van der Waals surface area contributed by atoms with Crippen molar-refractivity contribution in [2.45, 2.75) is 45.6 Å². The second kappa shape index (κ2) is 6.94. The number of halogens is 1. The van der Waals surface area contributed by atoms with Crippen molar-refractivity contribution in [1.29, 1.82) is 0 Å². The van der Waals surface area contributed by atoms with Crippen LogP contribution in [-0.2, 0) is 9.59 Å². The highest BCUT2D eigenvalue weighted by atomic mass is 35.5. The number of nitrogens with zero attached hydrogens (tertiary/aromatic N) is 1. The average Bonchev–Trinajstić information content (AvgIpc) is 2.68. The molecule has 114 valence electrons. The molecule has 1 unspecified atom stereocenters. The zero-order chi connectivity index (χ0) is 15.4. The standard InChI is InChI=1S/C16H21ClN2O2/c1-3-4-5-6-9-19-14-8-7-12(17)10-13(14)15(16(19)21)18-11(2)20/h7-8,10,15H,3-6,9H2,1-2H3,(H,18,20). The highest BCUT2D eigenvalue weighted by Gasteiger charge is 2.37. The molecule has 5 heteroatoms. The van der Waals surface area contributed by atoms with Crippen LogP contribution >= 0.6 is 11.6 Å². The molecule has 0 fully saturated rings. The molecular formula is C16H21ClN2O2. The van der Waals surface area contributed by atoms with E-state index in [1.54, 1.807) is 17.0 Å². The van der Waals surface area contributed by atoms with Gasteiger partial charge in [-0.25, -0.2) is 0 Å². The minimum atomic E-state index is -0.609. The molecule has 1 aromatic rings. The molecule has 0 radical (unpaired) electrons. The highest BCUT2D eigenvalue weighted by molar-refractivity contribution is 6.31. The molecule has 1 atom stereocenters. The monoisotopic (exact) mass is 308 g/mol. The van der Waals surface area contributed by atoms with Gasteiger partial charge in [0.15, 0.2) is 0 Å². The van der Waals surface area contributed by atoms with E-state index in [0.717, 1.165) is 30.5 Å². The SMILES string of the molecule is CCCCCCN1C(=O)C(NC(C)=O)c2cc(Cl)ccc21. The quantitative estimate of drug-likeness (QED) is 0.818. The summed E-state index contributed by atoms with van der Waals surface area (Å²) in [4.78, 5) is 25.6. The van der Waals surface area contributed by atoms with Crippen LogP contribution in [0.2, 0.25) is 5.02 Å². The van der Waals surface area contributed by atoms with Crippen LogP contribution in [0.15, 0.2) is 18.2 Å². The van der Waals surface area contributed by atoms with E-state index < -0.39 is 6.04 Å². The molecule has 1 heterocycles.